The van der Waals surface area contributed by atoms with Crippen molar-refractivity contribution >= 4 is 38.2 Å². The molecule has 0 bridgehead atoms. The zero-order valence-corrected chi connectivity index (χ0v) is 19.1. The van der Waals surface area contributed by atoms with Crippen LogP contribution in [0.4, 0.5) is 10.1 Å². The highest BCUT2D eigenvalue weighted by Crippen LogP contribution is 2.37. The maximum Gasteiger partial charge on any atom is 0.264 e. The highest BCUT2D eigenvalue weighted by atomic mass is 35.5. The zero-order chi connectivity index (χ0) is 23.6. The summed E-state index contributed by atoms with van der Waals surface area (Å²) >= 11 is 5.69. The molecule has 7 nitrogen and oxygen atoms in total. The Balaban J connectivity index is 1.57. The Hall–Kier alpha value is -3.56. The molecule has 33 heavy (non-hydrogen) atoms. The van der Waals surface area contributed by atoms with Crippen LogP contribution in [0.25, 0.3) is 10.9 Å². The van der Waals surface area contributed by atoms with Gasteiger partial charge in [0, 0.05) is 28.4 Å². The third-order valence-electron chi connectivity index (χ3n) is 4.72. The third kappa shape index (κ3) is 4.79. The van der Waals surface area contributed by atoms with Crippen LogP contribution in [0.15, 0.2) is 71.8 Å². The first kappa shape index (κ1) is 22.6. The van der Waals surface area contributed by atoms with E-state index < -0.39 is 20.7 Å². The molecule has 0 saturated heterocycles. The number of aromatic nitrogens is 1. The molecule has 0 aliphatic rings. The van der Waals surface area contributed by atoms with Crippen LogP contribution in [0, 0.1) is 5.82 Å². The van der Waals surface area contributed by atoms with Crippen molar-refractivity contribution in [1.82, 2.24) is 4.98 Å². The first-order valence-corrected chi connectivity index (χ1v) is 11.4. The average Bonchev–Trinajstić information content (AvgIpc) is 2.79. The van der Waals surface area contributed by atoms with Crippen LogP contribution in [-0.2, 0) is 10.0 Å². The van der Waals surface area contributed by atoms with Gasteiger partial charge in [0.1, 0.15) is 22.2 Å². The normalized spacial score (nSPS) is 11.3. The molecule has 1 N–H and O–H groups in total. The van der Waals surface area contributed by atoms with Crippen molar-refractivity contribution in [2.24, 2.45) is 0 Å². The van der Waals surface area contributed by atoms with E-state index in [9.17, 15) is 12.8 Å². The van der Waals surface area contributed by atoms with Gasteiger partial charge in [0.2, 0.25) is 0 Å². The van der Waals surface area contributed by atoms with Gasteiger partial charge in [0.25, 0.3) is 10.0 Å². The van der Waals surface area contributed by atoms with Crippen LogP contribution in [0.1, 0.15) is 0 Å². The fraction of sp³-hybridized carbons (Fsp3) is 0.0870. The molecule has 0 aliphatic carbocycles. The Morgan fingerprint density at radius 3 is 2.27 bits per heavy atom. The summed E-state index contributed by atoms with van der Waals surface area (Å²) in [6, 6.07) is 14.8. The van der Waals surface area contributed by atoms with Crippen LogP contribution in [-0.4, -0.2) is 27.6 Å². The Morgan fingerprint density at radius 2 is 1.61 bits per heavy atom. The van der Waals surface area contributed by atoms with E-state index in [0.29, 0.717) is 33.9 Å². The standard InChI is InChI=1S/C23H18ClFN2O5S/c1-30-21-12-17-19(13-22(21)31-2)26-10-9-20(17)32-16-6-4-15(5-7-16)27-33(28,29)23-8-3-14(24)11-18(23)25/h3-13,27H,1-2H3. The molecule has 4 rings (SSSR count). The molecular weight excluding hydrogens is 471 g/mol. The van der Waals surface area contributed by atoms with Crippen molar-refractivity contribution < 1.29 is 27.0 Å². The molecule has 1 heterocycles. The second kappa shape index (κ2) is 9.13. The molecule has 0 fully saturated rings. The Labute approximate surface area is 194 Å². The summed E-state index contributed by atoms with van der Waals surface area (Å²) in [6.45, 7) is 0. The largest absolute Gasteiger partial charge is 0.493 e. The number of ether oxygens (including phenoxy) is 3. The predicted octanol–water partition coefficient (Wildman–Crippen LogP) is 5.64. The van der Waals surface area contributed by atoms with Crippen molar-refractivity contribution in [1.29, 1.82) is 0 Å². The number of pyridine rings is 1. The van der Waals surface area contributed by atoms with E-state index >= 15 is 0 Å². The van der Waals surface area contributed by atoms with E-state index in [2.05, 4.69) is 9.71 Å². The number of hydrogen-bond donors (Lipinski definition) is 1. The maximum atomic E-state index is 14.0. The summed E-state index contributed by atoms with van der Waals surface area (Å²) in [4.78, 5) is 3.83. The molecule has 170 valence electrons. The van der Waals surface area contributed by atoms with Crippen LogP contribution in [0.3, 0.4) is 0 Å². The molecule has 10 heteroatoms. The second-order valence-corrected chi connectivity index (χ2v) is 8.93. The smallest absolute Gasteiger partial charge is 0.264 e. The van der Waals surface area contributed by atoms with Gasteiger partial charge in [-0.2, -0.15) is 0 Å². The Morgan fingerprint density at radius 1 is 0.909 bits per heavy atom. The number of sulfonamides is 1. The predicted molar refractivity (Wildman–Crippen MR) is 124 cm³/mol. The molecule has 0 atom stereocenters. The van der Waals surface area contributed by atoms with Gasteiger partial charge in [-0.1, -0.05) is 11.6 Å². The minimum absolute atomic E-state index is 0.104. The van der Waals surface area contributed by atoms with E-state index in [0.717, 1.165) is 12.1 Å². The van der Waals surface area contributed by atoms with E-state index in [1.54, 1.807) is 43.6 Å². The van der Waals surface area contributed by atoms with Gasteiger partial charge in [-0.3, -0.25) is 9.71 Å². The number of methoxy groups -OCH3 is 2. The third-order valence-corrected chi connectivity index (χ3v) is 6.37. The van der Waals surface area contributed by atoms with E-state index in [4.69, 9.17) is 25.8 Å². The Kier molecular flexibility index (Phi) is 6.26. The zero-order valence-electron chi connectivity index (χ0n) is 17.5. The number of nitrogens with zero attached hydrogens (tertiary/aromatic N) is 1. The number of nitrogens with one attached hydrogen (secondary N) is 1. The lowest BCUT2D eigenvalue weighted by atomic mass is 10.2. The van der Waals surface area contributed by atoms with Gasteiger partial charge in [-0.15, -0.1) is 0 Å². The summed E-state index contributed by atoms with van der Waals surface area (Å²) in [5.41, 5.74) is 0.891. The molecule has 0 saturated carbocycles. The quantitative estimate of drug-likeness (QED) is 0.362. The van der Waals surface area contributed by atoms with E-state index in [1.165, 1.54) is 25.3 Å². The number of anilines is 1. The van der Waals surface area contributed by atoms with Crippen molar-refractivity contribution in [3.63, 3.8) is 0 Å². The molecule has 1 aromatic heterocycles. The maximum absolute atomic E-state index is 14.0. The van der Waals surface area contributed by atoms with Crippen molar-refractivity contribution in [3.8, 4) is 23.0 Å². The van der Waals surface area contributed by atoms with Gasteiger partial charge < -0.3 is 14.2 Å². The number of halogens is 2. The fourth-order valence-corrected chi connectivity index (χ4v) is 4.44. The van der Waals surface area contributed by atoms with Crippen LogP contribution >= 0.6 is 11.6 Å². The average molecular weight is 489 g/mol. The molecule has 0 amide bonds. The van der Waals surface area contributed by atoms with Gasteiger partial charge in [-0.25, -0.2) is 12.8 Å². The van der Waals surface area contributed by atoms with Crippen molar-refractivity contribution in [2.45, 2.75) is 4.90 Å². The molecule has 0 aliphatic heterocycles. The lowest BCUT2D eigenvalue weighted by Crippen LogP contribution is -2.14. The lowest BCUT2D eigenvalue weighted by molar-refractivity contribution is 0.355. The molecule has 0 radical (unpaired) electrons. The van der Waals surface area contributed by atoms with Gasteiger partial charge >= 0.3 is 0 Å². The highest BCUT2D eigenvalue weighted by Gasteiger charge is 2.19. The molecule has 4 aromatic rings. The van der Waals surface area contributed by atoms with E-state index in [1.807, 2.05) is 0 Å². The van der Waals surface area contributed by atoms with Gasteiger partial charge in [0.15, 0.2) is 11.5 Å². The number of hydrogen-bond acceptors (Lipinski definition) is 6. The topological polar surface area (TPSA) is 86.8 Å². The summed E-state index contributed by atoms with van der Waals surface area (Å²) in [5, 5.41) is 0.811. The van der Waals surface area contributed by atoms with Gasteiger partial charge in [0.05, 0.1) is 19.7 Å². The molecular formula is C23H18ClFN2O5S. The molecule has 0 unspecified atom stereocenters. The van der Waals surface area contributed by atoms with Crippen LogP contribution in [0.5, 0.6) is 23.0 Å². The summed E-state index contributed by atoms with van der Waals surface area (Å²) in [6.07, 6.45) is 1.60. The van der Waals surface area contributed by atoms with Crippen molar-refractivity contribution in [2.75, 3.05) is 18.9 Å². The monoisotopic (exact) mass is 488 g/mol. The lowest BCUT2D eigenvalue weighted by Gasteiger charge is -2.13. The first-order chi connectivity index (χ1) is 15.8. The first-order valence-electron chi connectivity index (χ1n) is 9.57. The van der Waals surface area contributed by atoms with Crippen LogP contribution < -0.4 is 18.9 Å². The molecule has 0 spiro atoms. The SMILES string of the molecule is COc1cc2nccc(Oc3ccc(NS(=O)(=O)c4ccc(Cl)cc4F)cc3)c2cc1OC. The van der Waals surface area contributed by atoms with Crippen molar-refractivity contribution in [3.05, 3.63) is 77.7 Å². The summed E-state index contributed by atoms with van der Waals surface area (Å²) in [5.74, 6) is 1.12. The van der Waals surface area contributed by atoms with Gasteiger partial charge in [-0.05, 0) is 54.6 Å². The fourth-order valence-electron chi connectivity index (χ4n) is 3.16. The number of fused-ring (bicyclic) bond motifs is 1. The second-order valence-electron chi connectivity index (χ2n) is 6.84. The Bertz CT molecular complexity index is 1430. The number of benzene rings is 3. The minimum Gasteiger partial charge on any atom is -0.493 e. The van der Waals surface area contributed by atoms with E-state index in [-0.39, 0.29) is 10.7 Å². The molecule has 3 aromatic carbocycles. The summed E-state index contributed by atoms with van der Waals surface area (Å²) < 4.78 is 58.0. The minimum atomic E-state index is -4.13. The highest BCUT2D eigenvalue weighted by molar-refractivity contribution is 7.92. The van der Waals surface area contributed by atoms with Crippen LogP contribution in [0.2, 0.25) is 5.02 Å². The number of rotatable bonds is 7. The summed E-state index contributed by atoms with van der Waals surface area (Å²) in [7, 11) is -1.05.